The molecule has 18 heavy (non-hydrogen) atoms. The van der Waals surface area contributed by atoms with Crippen LogP contribution in [0.3, 0.4) is 0 Å². The molecule has 0 fully saturated rings. The highest BCUT2D eigenvalue weighted by Gasteiger charge is 2.22. The summed E-state index contributed by atoms with van der Waals surface area (Å²) >= 11 is 6.52. The largest absolute Gasteiger partial charge is 0.382 e. The molecule has 98 valence electrons. The predicted molar refractivity (Wildman–Crippen MR) is 85.5 cm³/mol. The van der Waals surface area contributed by atoms with E-state index in [-0.39, 0.29) is 13.0 Å². The molecule has 2 aromatic rings. The molecule has 0 amide bonds. The van der Waals surface area contributed by atoms with E-state index in [0.29, 0.717) is 15.9 Å². The molecule has 0 spiro atoms. The molecule has 0 unspecified atom stereocenters. The molecule has 0 atom stereocenters. The van der Waals surface area contributed by atoms with Gasteiger partial charge in [-0.15, -0.1) is 0 Å². The second-order valence-electron chi connectivity index (χ2n) is 3.49. The molecule has 1 N–H and O–H groups in total. The van der Waals surface area contributed by atoms with Crippen molar-refractivity contribution in [3.8, 4) is 0 Å². The van der Waals surface area contributed by atoms with Crippen LogP contribution in [0.5, 0.6) is 0 Å². The van der Waals surface area contributed by atoms with E-state index in [1.165, 1.54) is 0 Å². The molecule has 0 aliphatic rings. The summed E-state index contributed by atoms with van der Waals surface area (Å²) in [7, 11) is 0. The van der Waals surface area contributed by atoms with Crippen LogP contribution in [0.25, 0.3) is 5.65 Å². The number of rotatable bonds is 4. The topological polar surface area (TPSA) is 42.2 Å². The monoisotopic (exact) mass is 542 g/mol. The summed E-state index contributed by atoms with van der Waals surface area (Å²) in [6, 6.07) is 1.73. The molecule has 0 saturated carbocycles. The first-order valence-electron chi connectivity index (χ1n) is 4.87. The van der Waals surface area contributed by atoms with Gasteiger partial charge in [0.25, 0.3) is 3.93 Å². The Balaban J connectivity index is 2.22. The summed E-state index contributed by atoms with van der Waals surface area (Å²) in [6.07, 6.45) is 1.44. The standard InChI is InChI=1S/C9H7BrF2I2N4/c10-6-3-5(15-2-1-9(11,12)14)8-16-4-7(13)18(8)17-6/h3-4,15H,1-2H2. The Hall–Kier alpha value is 0.220. The minimum Gasteiger partial charge on any atom is -0.382 e. The molecular weight excluding hydrogens is 536 g/mol. The smallest absolute Gasteiger partial charge is 0.298 e. The lowest BCUT2D eigenvalue weighted by Gasteiger charge is -2.11. The van der Waals surface area contributed by atoms with E-state index in [1.807, 2.05) is 0 Å². The van der Waals surface area contributed by atoms with Crippen molar-refractivity contribution in [1.29, 1.82) is 0 Å². The quantitative estimate of drug-likeness (QED) is 0.470. The van der Waals surface area contributed by atoms with Crippen molar-refractivity contribution < 1.29 is 8.78 Å². The predicted octanol–water partition coefficient (Wildman–Crippen LogP) is 3.93. The Kier molecular flexibility index (Phi) is 4.62. The van der Waals surface area contributed by atoms with E-state index < -0.39 is 3.93 Å². The Morgan fingerprint density at radius 1 is 1.50 bits per heavy atom. The van der Waals surface area contributed by atoms with Crippen molar-refractivity contribution in [1.82, 2.24) is 14.6 Å². The lowest BCUT2D eigenvalue weighted by atomic mass is 10.4. The third kappa shape index (κ3) is 3.62. The van der Waals surface area contributed by atoms with Crippen LogP contribution in [0.4, 0.5) is 14.5 Å². The number of imidazole rings is 1. The Morgan fingerprint density at radius 2 is 2.22 bits per heavy atom. The highest BCUT2D eigenvalue weighted by Crippen LogP contribution is 2.27. The highest BCUT2D eigenvalue weighted by molar-refractivity contribution is 14.1. The van der Waals surface area contributed by atoms with Crippen LogP contribution >= 0.6 is 61.1 Å². The highest BCUT2D eigenvalue weighted by atomic mass is 127. The van der Waals surface area contributed by atoms with Gasteiger partial charge in [0, 0.05) is 13.0 Å². The van der Waals surface area contributed by atoms with Crippen LogP contribution in [0.2, 0.25) is 0 Å². The van der Waals surface area contributed by atoms with Gasteiger partial charge in [-0.1, -0.05) is 0 Å². The van der Waals surface area contributed by atoms with E-state index in [9.17, 15) is 8.78 Å². The zero-order chi connectivity index (χ0) is 13.3. The fourth-order valence-corrected chi connectivity index (χ4v) is 2.51. The van der Waals surface area contributed by atoms with Crippen molar-refractivity contribution in [3.63, 3.8) is 0 Å². The summed E-state index contributed by atoms with van der Waals surface area (Å²) < 4.78 is 25.9. The number of anilines is 1. The number of nitrogens with zero attached hydrogens (tertiary/aromatic N) is 3. The summed E-state index contributed by atoms with van der Waals surface area (Å²) in [5.74, 6) is 0. The molecule has 2 heterocycles. The van der Waals surface area contributed by atoms with Crippen molar-refractivity contribution in [2.75, 3.05) is 11.9 Å². The van der Waals surface area contributed by atoms with E-state index >= 15 is 0 Å². The first-order chi connectivity index (χ1) is 8.37. The van der Waals surface area contributed by atoms with Crippen molar-refractivity contribution in [3.05, 3.63) is 20.6 Å². The second-order valence-corrected chi connectivity index (χ2v) is 6.98. The van der Waals surface area contributed by atoms with Crippen LogP contribution in [-0.4, -0.2) is 25.1 Å². The lowest BCUT2D eigenvalue weighted by Crippen LogP contribution is -2.13. The third-order valence-corrected chi connectivity index (χ3v) is 3.78. The van der Waals surface area contributed by atoms with Crippen molar-refractivity contribution in [2.24, 2.45) is 0 Å². The molecule has 0 aliphatic carbocycles. The zero-order valence-corrected chi connectivity index (χ0v) is 14.7. The normalized spacial score (nSPS) is 12.1. The van der Waals surface area contributed by atoms with Gasteiger partial charge in [0.1, 0.15) is 8.30 Å². The number of aromatic nitrogens is 3. The summed E-state index contributed by atoms with van der Waals surface area (Å²) in [5, 5.41) is 7.18. The summed E-state index contributed by atoms with van der Waals surface area (Å²) in [5.41, 5.74) is 1.31. The van der Waals surface area contributed by atoms with Crippen molar-refractivity contribution in [2.45, 2.75) is 10.4 Å². The molecular formula is C9H7BrF2I2N4. The molecule has 0 bridgehead atoms. The van der Waals surface area contributed by atoms with Gasteiger partial charge >= 0.3 is 0 Å². The van der Waals surface area contributed by atoms with Crippen LogP contribution < -0.4 is 5.32 Å². The van der Waals surface area contributed by atoms with Gasteiger partial charge in [-0.3, -0.25) is 0 Å². The number of halogens is 5. The summed E-state index contributed by atoms with van der Waals surface area (Å²) in [6.45, 7) is 0.172. The Labute approximate surface area is 137 Å². The van der Waals surface area contributed by atoms with Crippen molar-refractivity contribution >= 4 is 72.4 Å². The molecule has 2 aromatic heterocycles. The van der Waals surface area contributed by atoms with Crippen LogP contribution in [0.1, 0.15) is 6.42 Å². The second kappa shape index (κ2) is 5.69. The molecule has 4 nitrogen and oxygen atoms in total. The van der Waals surface area contributed by atoms with E-state index in [0.717, 1.165) is 26.3 Å². The molecule has 0 radical (unpaired) electrons. The average molecular weight is 543 g/mol. The maximum Gasteiger partial charge on any atom is 0.298 e. The Bertz CT molecular complexity index is 569. The number of hydrogen-bond donors (Lipinski definition) is 1. The molecule has 2 rings (SSSR count). The first kappa shape index (κ1) is 14.6. The van der Waals surface area contributed by atoms with Gasteiger partial charge in [0.15, 0.2) is 5.65 Å². The molecule has 0 aromatic carbocycles. The molecule has 9 heteroatoms. The number of fused-ring (bicyclic) bond motifs is 1. The van der Waals surface area contributed by atoms with Crippen LogP contribution in [-0.2, 0) is 0 Å². The lowest BCUT2D eigenvalue weighted by molar-refractivity contribution is 0.121. The van der Waals surface area contributed by atoms with Gasteiger partial charge in [-0.05, 0) is 67.2 Å². The average Bonchev–Trinajstić information content (AvgIpc) is 2.59. The van der Waals surface area contributed by atoms with Crippen LogP contribution in [0.15, 0.2) is 16.9 Å². The maximum atomic E-state index is 12.7. The first-order valence-corrected chi connectivity index (χ1v) is 7.82. The Morgan fingerprint density at radius 3 is 2.89 bits per heavy atom. The number of nitrogens with one attached hydrogen (secondary N) is 1. The van der Waals surface area contributed by atoms with Gasteiger partial charge in [-0.25, -0.2) is 9.50 Å². The van der Waals surface area contributed by atoms with Gasteiger partial charge in [-0.2, -0.15) is 13.9 Å². The third-order valence-electron chi connectivity index (χ3n) is 2.12. The maximum absolute atomic E-state index is 12.7. The SMILES string of the molecule is FC(F)(I)CCNc1cc(Br)nn2c(I)cnc12. The molecule has 0 aliphatic heterocycles. The van der Waals surface area contributed by atoms with Crippen LogP contribution in [0, 0.1) is 3.70 Å². The zero-order valence-electron chi connectivity index (χ0n) is 8.80. The molecule has 0 saturated heterocycles. The van der Waals surface area contributed by atoms with Gasteiger partial charge in [0.2, 0.25) is 0 Å². The fourth-order valence-electron chi connectivity index (χ4n) is 1.38. The van der Waals surface area contributed by atoms with Gasteiger partial charge in [0.05, 0.1) is 11.9 Å². The van der Waals surface area contributed by atoms with E-state index in [2.05, 4.69) is 53.9 Å². The minimum absolute atomic E-state index is 0.172. The number of alkyl halides is 3. The fraction of sp³-hybridized carbons (Fsp3) is 0.333. The minimum atomic E-state index is -2.70. The van der Waals surface area contributed by atoms with E-state index in [4.69, 9.17) is 0 Å². The number of hydrogen-bond acceptors (Lipinski definition) is 3. The summed E-state index contributed by atoms with van der Waals surface area (Å²) in [4.78, 5) is 4.19. The van der Waals surface area contributed by atoms with Gasteiger partial charge < -0.3 is 5.32 Å². The van der Waals surface area contributed by atoms with E-state index in [1.54, 1.807) is 16.8 Å².